The fraction of sp³-hybridized carbons (Fsp3) is 0.227. The second-order valence-electron chi connectivity index (χ2n) is 6.72. The largest absolute Gasteiger partial charge is 0.493 e. The van der Waals surface area contributed by atoms with Gasteiger partial charge < -0.3 is 13.8 Å². The summed E-state index contributed by atoms with van der Waals surface area (Å²) in [5.74, 6) is 1.43. The molecule has 0 radical (unpaired) electrons. The van der Waals surface area contributed by atoms with E-state index in [2.05, 4.69) is 15.1 Å². The van der Waals surface area contributed by atoms with Crippen molar-refractivity contribution in [2.75, 3.05) is 6.61 Å². The predicted molar refractivity (Wildman–Crippen MR) is 114 cm³/mol. The third kappa shape index (κ3) is 5.13. The van der Waals surface area contributed by atoms with E-state index in [4.69, 9.17) is 9.26 Å². The Morgan fingerprint density at radius 2 is 1.81 bits per heavy atom. The van der Waals surface area contributed by atoms with Gasteiger partial charge in [-0.1, -0.05) is 59.4 Å². The van der Waals surface area contributed by atoms with E-state index in [-0.39, 0.29) is 16.8 Å². The van der Waals surface area contributed by atoms with Crippen LogP contribution in [0.15, 0.2) is 70.5 Å². The van der Waals surface area contributed by atoms with Gasteiger partial charge in [0.15, 0.2) is 5.16 Å². The van der Waals surface area contributed by atoms with Gasteiger partial charge in [0.1, 0.15) is 12.3 Å². The number of rotatable bonds is 8. The quantitative estimate of drug-likeness (QED) is 0.307. The minimum absolute atomic E-state index is 0.174. The Kier molecular flexibility index (Phi) is 6.50. The molecule has 2 aromatic heterocycles. The number of ether oxygens (including phenoxy) is 1. The topological polar surface area (TPSA) is 66.0 Å². The van der Waals surface area contributed by atoms with Crippen LogP contribution in [0.5, 0.6) is 5.75 Å². The van der Waals surface area contributed by atoms with Gasteiger partial charge in [0, 0.05) is 0 Å². The van der Waals surface area contributed by atoms with Gasteiger partial charge in [-0.15, -0.1) is 0 Å². The minimum atomic E-state index is -4.39. The molecule has 0 saturated carbocycles. The average molecular weight is 460 g/mol. The molecule has 0 amide bonds. The van der Waals surface area contributed by atoms with Crippen molar-refractivity contribution in [3.63, 3.8) is 0 Å². The number of hydrogen-bond acceptors (Lipinski definition) is 6. The molecule has 4 aromatic rings. The maximum Gasteiger partial charge on any atom is 0.406 e. The van der Waals surface area contributed by atoms with Crippen LogP contribution in [0.2, 0.25) is 0 Å². The smallest absolute Gasteiger partial charge is 0.406 e. The van der Waals surface area contributed by atoms with E-state index in [0.29, 0.717) is 35.0 Å². The second kappa shape index (κ2) is 9.47. The summed E-state index contributed by atoms with van der Waals surface area (Å²) in [6, 6.07) is 16.1. The lowest BCUT2D eigenvalue weighted by atomic mass is 10.2. The molecule has 0 N–H and O–H groups in total. The summed E-state index contributed by atoms with van der Waals surface area (Å²) in [6.45, 7) is 1.22. The number of para-hydroxylation sites is 1. The number of imidazole rings is 1. The van der Waals surface area contributed by atoms with Crippen molar-refractivity contribution >= 4 is 11.8 Å². The third-order valence-corrected chi connectivity index (χ3v) is 5.42. The molecule has 0 unspecified atom stereocenters. The first kappa shape index (κ1) is 21.9. The maximum atomic E-state index is 13.2. The molecule has 0 atom stereocenters. The molecule has 6 nitrogen and oxygen atoms in total. The van der Waals surface area contributed by atoms with Crippen molar-refractivity contribution in [1.82, 2.24) is 19.7 Å². The molecule has 166 valence electrons. The molecule has 0 saturated heterocycles. The van der Waals surface area contributed by atoms with Crippen LogP contribution in [0.25, 0.3) is 22.6 Å². The lowest BCUT2D eigenvalue weighted by Crippen LogP contribution is -2.19. The zero-order valence-corrected chi connectivity index (χ0v) is 17.9. The molecule has 0 bridgehead atoms. The Morgan fingerprint density at radius 1 is 1.06 bits per heavy atom. The Bertz CT molecular complexity index is 1180. The summed E-state index contributed by atoms with van der Waals surface area (Å²) in [6.07, 6.45) is -2.94. The second-order valence-corrected chi connectivity index (χ2v) is 7.67. The Hall–Kier alpha value is -3.27. The van der Waals surface area contributed by atoms with Gasteiger partial charge in [-0.25, -0.2) is 4.98 Å². The molecule has 10 heteroatoms. The number of thioether (sulfide) groups is 1. The summed E-state index contributed by atoms with van der Waals surface area (Å²) in [5, 5.41) is 4.21. The molecule has 0 aliphatic rings. The standard InChI is InChI=1S/C22H19F3N4O2S/c1-2-30-18-11-7-6-10-16(18)20-27-19(31-28-20)13-32-21-26-12-17(15-8-4-3-5-9-15)29(21)14-22(23,24)25/h3-12H,2,13-14H2,1H3. The highest BCUT2D eigenvalue weighted by atomic mass is 32.2. The number of alkyl halides is 3. The van der Waals surface area contributed by atoms with Gasteiger partial charge in [-0.05, 0) is 24.6 Å². The molecule has 0 aliphatic heterocycles. The highest BCUT2D eigenvalue weighted by molar-refractivity contribution is 7.98. The monoisotopic (exact) mass is 460 g/mol. The number of hydrogen-bond donors (Lipinski definition) is 0. The van der Waals surface area contributed by atoms with Gasteiger partial charge in [-0.2, -0.15) is 18.2 Å². The molecule has 2 heterocycles. The van der Waals surface area contributed by atoms with Crippen molar-refractivity contribution in [3.05, 3.63) is 66.7 Å². The summed E-state index contributed by atoms with van der Waals surface area (Å²) >= 11 is 1.10. The van der Waals surface area contributed by atoms with E-state index in [1.54, 1.807) is 30.3 Å². The normalized spacial score (nSPS) is 11.6. The number of benzene rings is 2. The summed E-state index contributed by atoms with van der Waals surface area (Å²) in [7, 11) is 0. The molecular weight excluding hydrogens is 441 g/mol. The van der Waals surface area contributed by atoms with E-state index < -0.39 is 12.7 Å². The SMILES string of the molecule is CCOc1ccccc1-c1noc(CSc2ncc(-c3ccccc3)n2CC(F)(F)F)n1. The van der Waals surface area contributed by atoms with Gasteiger partial charge in [0.25, 0.3) is 0 Å². The van der Waals surface area contributed by atoms with Crippen LogP contribution in [-0.2, 0) is 12.3 Å². The lowest BCUT2D eigenvalue weighted by molar-refractivity contribution is -0.141. The number of aromatic nitrogens is 4. The van der Waals surface area contributed by atoms with Crippen LogP contribution in [0.1, 0.15) is 12.8 Å². The van der Waals surface area contributed by atoms with Crippen LogP contribution >= 0.6 is 11.8 Å². The lowest BCUT2D eigenvalue weighted by Gasteiger charge is -2.13. The van der Waals surface area contributed by atoms with Crippen molar-refractivity contribution in [1.29, 1.82) is 0 Å². The third-order valence-electron chi connectivity index (χ3n) is 4.45. The molecule has 0 fully saturated rings. The fourth-order valence-corrected chi connectivity index (χ4v) is 3.94. The first-order chi connectivity index (χ1) is 15.4. The van der Waals surface area contributed by atoms with Crippen molar-refractivity contribution in [3.8, 4) is 28.4 Å². The number of halogens is 3. The van der Waals surface area contributed by atoms with E-state index in [9.17, 15) is 13.2 Å². The van der Waals surface area contributed by atoms with Gasteiger partial charge >= 0.3 is 6.18 Å². The zero-order chi connectivity index (χ0) is 22.6. The van der Waals surface area contributed by atoms with Crippen molar-refractivity contribution < 1.29 is 22.4 Å². The Balaban J connectivity index is 1.55. The van der Waals surface area contributed by atoms with Crippen LogP contribution in [0.4, 0.5) is 13.2 Å². The molecular formula is C22H19F3N4O2S. The number of nitrogens with zero attached hydrogens (tertiary/aromatic N) is 4. The predicted octanol–water partition coefficient (Wildman–Crippen LogP) is 5.85. The van der Waals surface area contributed by atoms with E-state index >= 15 is 0 Å². The highest BCUT2D eigenvalue weighted by Crippen LogP contribution is 2.32. The molecule has 32 heavy (non-hydrogen) atoms. The van der Waals surface area contributed by atoms with Crippen LogP contribution in [0, 0.1) is 0 Å². The van der Waals surface area contributed by atoms with E-state index in [0.717, 1.165) is 16.3 Å². The molecule has 0 aliphatic carbocycles. The first-order valence-corrected chi connectivity index (χ1v) is 10.8. The first-order valence-electron chi connectivity index (χ1n) is 9.80. The average Bonchev–Trinajstić information content (AvgIpc) is 3.39. The summed E-state index contributed by atoms with van der Waals surface area (Å²) in [5.41, 5.74) is 1.73. The summed E-state index contributed by atoms with van der Waals surface area (Å²) in [4.78, 5) is 8.58. The fourth-order valence-electron chi connectivity index (χ4n) is 3.13. The van der Waals surface area contributed by atoms with Crippen LogP contribution in [-0.4, -0.2) is 32.5 Å². The summed E-state index contributed by atoms with van der Waals surface area (Å²) < 4.78 is 51.8. The van der Waals surface area contributed by atoms with Crippen LogP contribution in [0.3, 0.4) is 0 Å². The Morgan fingerprint density at radius 3 is 2.56 bits per heavy atom. The molecule has 2 aromatic carbocycles. The van der Waals surface area contributed by atoms with Crippen molar-refractivity contribution in [2.24, 2.45) is 0 Å². The van der Waals surface area contributed by atoms with Gasteiger partial charge in [-0.3, -0.25) is 0 Å². The maximum absolute atomic E-state index is 13.2. The Labute approximate surface area is 186 Å². The van der Waals surface area contributed by atoms with Crippen LogP contribution < -0.4 is 4.74 Å². The van der Waals surface area contributed by atoms with Crippen molar-refractivity contribution in [2.45, 2.75) is 30.6 Å². The van der Waals surface area contributed by atoms with E-state index in [1.165, 1.54) is 6.20 Å². The molecule has 4 rings (SSSR count). The highest BCUT2D eigenvalue weighted by Gasteiger charge is 2.31. The minimum Gasteiger partial charge on any atom is -0.493 e. The zero-order valence-electron chi connectivity index (χ0n) is 17.0. The van der Waals surface area contributed by atoms with Gasteiger partial charge in [0.2, 0.25) is 11.7 Å². The van der Waals surface area contributed by atoms with Gasteiger partial charge in [0.05, 0.1) is 29.8 Å². The van der Waals surface area contributed by atoms with E-state index in [1.807, 2.05) is 31.2 Å². The molecule has 0 spiro atoms.